The zero-order chi connectivity index (χ0) is 19.7. The average molecular weight is 413 g/mol. The summed E-state index contributed by atoms with van der Waals surface area (Å²) in [4.78, 5) is 0.0451. The number of sulfonamides is 2. The summed E-state index contributed by atoms with van der Waals surface area (Å²) in [5.41, 5.74) is 0.227. The second kappa shape index (κ2) is 7.57. The van der Waals surface area contributed by atoms with E-state index in [0.29, 0.717) is 6.54 Å². The van der Waals surface area contributed by atoms with Crippen molar-refractivity contribution in [1.82, 2.24) is 4.31 Å². The van der Waals surface area contributed by atoms with Crippen molar-refractivity contribution in [2.75, 3.05) is 11.3 Å². The van der Waals surface area contributed by atoms with Crippen molar-refractivity contribution in [3.63, 3.8) is 0 Å². The van der Waals surface area contributed by atoms with Crippen LogP contribution < -0.4 is 4.72 Å². The standard InChI is InChI=1S/C18H21FN2O4S2/c1-14-4-2-3-13-21(14)27(24,25)18-11-7-16(8-12-18)20-26(22,23)17-9-5-15(19)6-10-17/h5-12,14,20H,2-4,13H2,1H3. The van der Waals surface area contributed by atoms with Crippen LogP contribution in [0.3, 0.4) is 0 Å². The number of anilines is 1. The number of hydrogen-bond donors (Lipinski definition) is 1. The normalized spacial score (nSPS) is 19.0. The number of nitrogens with one attached hydrogen (secondary N) is 1. The second-order valence-corrected chi connectivity index (χ2v) is 10.1. The maximum absolute atomic E-state index is 13.0. The molecule has 3 rings (SSSR count). The average Bonchev–Trinajstić information content (AvgIpc) is 2.62. The van der Waals surface area contributed by atoms with Crippen LogP contribution in [-0.4, -0.2) is 33.7 Å². The fraction of sp³-hybridized carbons (Fsp3) is 0.333. The molecule has 0 radical (unpaired) electrons. The van der Waals surface area contributed by atoms with Gasteiger partial charge in [0.1, 0.15) is 5.82 Å². The molecule has 0 amide bonds. The quantitative estimate of drug-likeness (QED) is 0.818. The lowest BCUT2D eigenvalue weighted by molar-refractivity contribution is 0.268. The summed E-state index contributed by atoms with van der Waals surface area (Å²) in [6.07, 6.45) is 2.67. The maximum atomic E-state index is 13.0. The Morgan fingerprint density at radius 1 is 0.926 bits per heavy atom. The van der Waals surface area contributed by atoms with Crippen molar-refractivity contribution < 1.29 is 21.2 Å². The molecule has 1 heterocycles. The summed E-state index contributed by atoms with van der Waals surface area (Å²) in [7, 11) is -7.50. The molecule has 0 aliphatic carbocycles. The summed E-state index contributed by atoms with van der Waals surface area (Å²) in [6, 6.07) is 9.97. The van der Waals surface area contributed by atoms with E-state index >= 15 is 0 Å². The van der Waals surface area contributed by atoms with Gasteiger partial charge in [0, 0.05) is 18.3 Å². The Morgan fingerprint density at radius 3 is 2.11 bits per heavy atom. The first-order chi connectivity index (χ1) is 12.7. The zero-order valence-electron chi connectivity index (χ0n) is 14.8. The number of rotatable bonds is 5. The van der Waals surface area contributed by atoms with Gasteiger partial charge in [0.25, 0.3) is 10.0 Å². The van der Waals surface area contributed by atoms with Gasteiger partial charge in [-0.15, -0.1) is 0 Å². The summed E-state index contributed by atoms with van der Waals surface area (Å²) in [6.45, 7) is 2.38. The minimum absolute atomic E-state index is 0.0552. The SMILES string of the molecule is CC1CCCCN1S(=O)(=O)c1ccc(NS(=O)(=O)c2ccc(F)cc2)cc1. The van der Waals surface area contributed by atoms with E-state index in [1.807, 2.05) is 6.92 Å². The first-order valence-electron chi connectivity index (χ1n) is 8.60. The Bertz CT molecular complexity index is 1000. The van der Waals surface area contributed by atoms with Crippen molar-refractivity contribution in [2.45, 2.75) is 42.0 Å². The van der Waals surface area contributed by atoms with Crippen LogP contribution in [0.4, 0.5) is 10.1 Å². The molecule has 1 aliphatic heterocycles. The van der Waals surface area contributed by atoms with Crippen molar-refractivity contribution in [3.05, 3.63) is 54.3 Å². The van der Waals surface area contributed by atoms with Gasteiger partial charge in [-0.25, -0.2) is 21.2 Å². The molecule has 1 fully saturated rings. The number of nitrogens with zero attached hydrogens (tertiary/aromatic N) is 1. The molecule has 146 valence electrons. The van der Waals surface area contributed by atoms with Crippen LogP contribution in [0.1, 0.15) is 26.2 Å². The highest BCUT2D eigenvalue weighted by Crippen LogP contribution is 2.26. The van der Waals surface area contributed by atoms with Crippen molar-refractivity contribution >= 4 is 25.7 Å². The lowest BCUT2D eigenvalue weighted by atomic mass is 10.1. The van der Waals surface area contributed by atoms with Crippen LogP contribution in [0, 0.1) is 5.82 Å². The van der Waals surface area contributed by atoms with Crippen molar-refractivity contribution in [1.29, 1.82) is 0 Å². The topological polar surface area (TPSA) is 83.6 Å². The molecule has 9 heteroatoms. The molecule has 2 aromatic rings. The van der Waals surface area contributed by atoms with Crippen LogP contribution in [0.2, 0.25) is 0 Å². The largest absolute Gasteiger partial charge is 0.280 e. The summed E-state index contributed by atoms with van der Waals surface area (Å²) >= 11 is 0. The highest BCUT2D eigenvalue weighted by Gasteiger charge is 2.30. The van der Waals surface area contributed by atoms with Gasteiger partial charge in [-0.3, -0.25) is 4.72 Å². The van der Waals surface area contributed by atoms with Crippen molar-refractivity contribution in [3.8, 4) is 0 Å². The molecule has 1 aliphatic rings. The lowest BCUT2D eigenvalue weighted by Gasteiger charge is -2.32. The molecular weight excluding hydrogens is 391 g/mol. The molecule has 0 saturated carbocycles. The van der Waals surface area contributed by atoms with E-state index in [1.165, 1.54) is 28.6 Å². The first-order valence-corrected chi connectivity index (χ1v) is 11.5. The Kier molecular flexibility index (Phi) is 5.55. The molecule has 27 heavy (non-hydrogen) atoms. The maximum Gasteiger partial charge on any atom is 0.261 e. The van der Waals surface area contributed by atoms with Gasteiger partial charge in [-0.05, 0) is 68.3 Å². The monoisotopic (exact) mass is 412 g/mol. The number of halogens is 1. The van der Waals surface area contributed by atoms with Gasteiger partial charge in [-0.1, -0.05) is 6.42 Å². The van der Waals surface area contributed by atoms with Crippen LogP contribution in [0.15, 0.2) is 58.3 Å². The molecule has 2 aromatic carbocycles. The van der Waals surface area contributed by atoms with Crippen molar-refractivity contribution in [2.24, 2.45) is 0 Å². The van der Waals surface area contributed by atoms with Gasteiger partial charge < -0.3 is 0 Å². The van der Waals surface area contributed by atoms with Crippen LogP contribution in [-0.2, 0) is 20.0 Å². The Hall–Kier alpha value is -1.97. The molecule has 0 spiro atoms. The van der Waals surface area contributed by atoms with E-state index in [1.54, 1.807) is 0 Å². The third-order valence-corrected chi connectivity index (χ3v) is 8.00. The minimum atomic E-state index is -3.88. The van der Waals surface area contributed by atoms with Gasteiger partial charge >= 0.3 is 0 Å². The highest BCUT2D eigenvalue weighted by molar-refractivity contribution is 7.92. The number of benzene rings is 2. The van der Waals surface area contributed by atoms with E-state index in [2.05, 4.69) is 4.72 Å². The summed E-state index contributed by atoms with van der Waals surface area (Å²) in [5, 5.41) is 0. The summed E-state index contributed by atoms with van der Waals surface area (Å²) in [5.74, 6) is -0.532. The van der Waals surface area contributed by atoms with Crippen LogP contribution in [0.5, 0.6) is 0 Å². The predicted molar refractivity (Wildman–Crippen MR) is 101 cm³/mol. The number of hydrogen-bond acceptors (Lipinski definition) is 4. The molecule has 0 aromatic heterocycles. The smallest absolute Gasteiger partial charge is 0.261 e. The van der Waals surface area contributed by atoms with Crippen LogP contribution in [0.25, 0.3) is 0 Å². The Labute approximate surface area is 159 Å². The van der Waals surface area contributed by atoms with E-state index in [4.69, 9.17) is 0 Å². The molecule has 1 unspecified atom stereocenters. The zero-order valence-corrected chi connectivity index (χ0v) is 16.4. The Balaban J connectivity index is 1.80. The van der Waals surface area contributed by atoms with Gasteiger partial charge in [0.2, 0.25) is 10.0 Å². The lowest BCUT2D eigenvalue weighted by Crippen LogP contribution is -2.41. The summed E-state index contributed by atoms with van der Waals surface area (Å²) < 4.78 is 67.1. The van der Waals surface area contributed by atoms with E-state index < -0.39 is 25.9 Å². The molecule has 1 N–H and O–H groups in total. The first kappa shape index (κ1) is 19.8. The molecule has 6 nitrogen and oxygen atoms in total. The molecule has 0 bridgehead atoms. The van der Waals surface area contributed by atoms with E-state index in [9.17, 15) is 21.2 Å². The third-order valence-electron chi connectivity index (χ3n) is 4.58. The molecular formula is C18H21FN2O4S2. The predicted octanol–water partition coefficient (Wildman–Crippen LogP) is 3.19. The highest BCUT2D eigenvalue weighted by atomic mass is 32.2. The van der Waals surface area contributed by atoms with Crippen LogP contribution >= 0.6 is 0 Å². The molecule has 1 saturated heterocycles. The third kappa shape index (κ3) is 4.31. The van der Waals surface area contributed by atoms with Gasteiger partial charge in [0.05, 0.1) is 9.79 Å². The van der Waals surface area contributed by atoms with E-state index in [-0.39, 0.29) is 21.5 Å². The fourth-order valence-corrected chi connectivity index (χ4v) is 5.85. The van der Waals surface area contributed by atoms with E-state index in [0.717, 1.165) is 43.5 Å². The van der Waals surface area contributed by atoms with Gasteiger partial charge in [0.15, 0.2) is 0 Å². The minimum Gasteiger partial charge on any atom is -0.280 e. The Morgan fingerprint density at radius 2 is 1.52 bits per heavy atom. The van der Waals surface area contributed by atoms with Gasteiger partial charge in [-0.2, -0.15) is 4.31 Å². The molecule has 1 atom stereocenters. The number of piperidine rings is 1. The second-order valence-electron chi connectivity index (χ2n) is 6.54. The fourth-order valence-electron chi connectivity index (χ4n) is 3.09.